The van der Waals surface area contributed by atoms with E-state index in [1.54, 1.807) is 12.1 Å². The van der Waals surface area contributed by atoms with Gasteiger partial charge in [0.2, 0.25) is 0 Å². The number of para-hydroxylation sites is 1. The molecule has 0 fully saturated rings. The van der Waals surface area contributed by atoms with Gasteiger partial charge in [-0.15, -0.1) is 5.11 Å². The van der Waals surface area contributed by atoms with E-state index in [1.165, 1.54) is 0 Å². The molecule has 0 radical (unpaired) electrons. The second-order valence-electron chi connectivity index (χ2n) is 3.69. The largest absolute Gasteiger partial charge is 0.492 e. The Hall–Kier alpha value is -2.36. The number of hydrogen-bond donors (Lipinski definition) is 1. The van der Waals surface area contributed by atoms with Crippen LogP contribution in [-0.2, 0) is 0 Å². The van der Waals surface area contributed by atoms with Gasteiger partial charge in [0.05, 0.1) is 12.3 Å². The number of nitrogen functional groups attached to an aromatic ring is 1. The van der Waals surface area contributed by atoms with E-state index in [4.69, 9.17) is 10.5 Å². The van der Waals surface area contributed by atoms with Crippen LogP contribution in [0.3, 0.4) is 0 Å². The first-order valence-corrected chi connectivity index (χ1v) is 5.78. The van der Waals surface area contributed by atoms with Gasteiger partial charge in [0.1, 0.15) is 11.4 Å². The zero-order valence-corrected chi connectivity index (χ0v) is 10.2. The molecule has 0 bridgehead atoms. The summed E-state index contributed by atoms with van der Waals surface area (Å²) in [7, 11) is 0. The number of rotatable bonds is 4. The highest BCUT2D eigenvalue weighted by atomic mass is 16.5. The summed E-state index contributed by atoms with van der Waals surface area (Å²) in [5.41, 5.74) is 7.80. The van der Waals surface area contributed by atoms with E-state index < -0.39 is 0 Å². The van der Waals surface area contributed by atoms with Gasteiger partial charge in [-0.2, -0.15) is 5.11 Å². The zero-order chi connectivity index (χ0) is 12.8. The third kappa shape index (κ3) is 3.07. The van der Waals surface area contributed by atoms with E-state index in [2.05, 4.69) is 10.2 Å². The fourth-order valence-electron chi connectivity index (χ4n) is 1.47. The Kier molecular flexibility index (Phi) is 3.91. The second kappa shape index (κ2) is 5.82. The van der Waals surface area contributed by atoms with E-state index in [9.17, 15) is 0 Å². The molecule has 2 N–H and O–H groups in total. The van der Waals surface area contributed by atoms with Crippen LogP contribution in [0.25, 0.3) is 0 Å². The lowest BCUT2D eigenvalue weighted by Crippen LogP contribution is -1.90. The van der Waals surface area contributed by atoms with Crippen molar-refractivity contribution < 1.29 is 4.74 Å². The molecule has 2 aromatic carbocycles. The van der Waals surface area contributed by atoms with Crippen molar-refractivity contribution in [1.82, 2.24) is 0 Å². The van der Waals surface area contributed by atoms with Gasteiger partial charge >= 0.3 is 0 Å². The molecular weight excluding hydrogens is 226 g/mol. The topological polar surface area (TPSA) is 60.0 Å². The van der Waals surface area contributed by atoms with Crippen LogP contribution in [0.1, 0.15) is 6.92 Å². The van der Waals surface area contributed by atoms with Crippen molar-refractivity contribution in [3.05, 3.63) is 48.5 Å². The Morgan fingerprint density at radius 3 is 2.44 bits per heavy atom. The molecule has 0 saturated carbocycles. The van der Waals surface area contributed by atoms with Crippen LogP contribution in [0.5, 0.6) is 5.75 Å². The maximum Gasteiger partial charge on any atom is 0.146 e. The minimum Gasteiger partial charge on any atom is -0.492 e. The molecular formula is C14H15N3O. The van der Waals surface area contributed by atoms with Gasteiger partial charge in [0.15, 0.2) is 0 Å². The summed E-state index contributed by atoms with van der Waals surface area (Å²) in [6.45, 7) is 2.54. The van der Waals surface area contributed by atoms with Crippen molar-refractivity contribution in [2.75, 3.05) is 12.3 Å². The van der Waals surface area contributed by atoms with E-state index in [0.717, 1.165) is 17.1 Å². The van der Waals surface area contributed by atoms with Gasteiger partial charge in [-0.05, 0) is 43.3 Å². The number of azo groups is 1. The van der Waals surface area contributed by atoms with Crippen LogP contribution in [-0.4, -0.2) is 6.61 Å². The summed E-state index contributed by atoms with van der Waals surface area (Å²) in [4.78, 5) is 0. The van der Waals surface area contributed by atoms with Crippen LogP contribution in [0.15, 0.2) is 58.8 Å². The second-order valence-corrected chi connectivity index (χ2v) is 3.69. The SMILES string of the molecule is CCOc1ccccc1N=Nc1ccc(N)cc1. The molecule has 4 heteroatoms. The molecule has 0 amide bonds. The summed E-state index contributed by atoms with van der Waals surface area (Å²) in [5, 5.41) is 8.33. The average Bonchev–Trinajstić information content (AvgIpc) is 2.40. The molecule has 4 nitrogen and oxygen atoms in total. The molecule has 2 aromatic rings. The Balaban J connectivity index is 2.20. The average molecular weight is 241 g/mol. The van der Waals surface area contributed by atoms with Gasteiger partial charge in [-0.25, -0.2) is 0 Å². The Morgan fingerprint density at radius 1 is 1.00 bits per heavy atom. The summed E-state index contributed by atoms with van der Waals surface area (Å²) in [5.74, 6) is 0.735. The number of benzene rings is 2. The third-order valence-corrected chi connectivity index (χ3v) is 2.33. The molecule has 0 atom stereocenters. The van der Waals surface area contributed by atoms with Gasteiger partial charge in [-0.3, -0.25) is 0 Å². The summed E-state index contributed by atoms with van der Waals surface area (Å²) >= 11 is 0. The minimum atomic E-state index is 0.606. The Morgan fingerprint density at radius 2 is 1.72 bits per heavy atom. The fourth-order valence-corrected chi connectivity index (χ4v) is 1.47. The van der Waals surface area contributed by atoms with E-state index in [-0.39, 0.29) is 0 Å². The molecule has 0 aliphatic carbocycles. The van der Waals surface area contributed by atoms with E-state index >= 15 is 0 Å². The van der Waals surface area contributed by atoms with Crippen LogP contribution in [0, 0.1) is 0 Å². The molecule has 0 heterocycles. The predicted octanol–water partition coefficient (Wildman–Crippen LogP) is 4.08. The van der Waals surface area contributed by atoms with Crippen LogP contribution < -0.4 is 10.5 Å². The Labute approximate surface area is 106 Å². The van der Waals surface area contributed by atoms with E-state index in [1.807, 2.05) is 43.3 Å². The summed E-state index contributed by atoms with van der Waals surface area (Å²) in [6.07, 6.45) is 0. The van der Waals surface area contributed by atoms with Gasteiger partial charge in [-0.1, -0.05) is 12.1 Å². The number of hydrogen-bond acceptors (Lipinski definition) is 4. The van der Waals surface area contributed by atoms with Crippen LogP contribution in [0.2, 0.25) is 0 Å². The van der Waals surface area contributed by atoms with Crippen molar-refractivity contribution in [2.24, 2.45) is 10.2 Å². The molecule has 18 heavy (non-hydrogen) atoms. The standard InChI is InChI=1S/C14H15N3O/c1-2-18-14-6-4-3-5-13(14)17-16-12-9-7-11(15)8-10-12/h3-10H,2,15H2,1H3. The lowest BCUT2D eigenvalue weighted by Gasteiger charge is -2.04. The van der Waals surface area contributed by atoms with Gasteiger partial charge < -0.3 is 10.5 Å². The van der Waals surface area contributed by atoms with Gasteiger partial charge in [0, 0.05) is 5.69 Å². The fraction of sp³-hybridized carbons (Fsp3) is 0.143. The quantitative estimate of drug-likeness (QED) is 0.647. The number of anilines is 1. The lowest BCUT2D eigenvalue weighted by molar-refractivity contribution is 0.341. The number of nitrogens with two attached hydrogens (primary N) is 1. The lowest BCUT2D eigenvalue weighted by atomic mass is 10.3. The molecule has 0 aromatic heterocycles. The first-order valence-electron chi connectivity index (χ1n) is 5.78. The van der Waals surface area contributed by atoms with Crippen molar-refractivity contribution in [1.29, 1.82) is 0 Å². The first kappa shape index (κ1) is 12.1. The van der Waals surface area contributed by atoms with Crippen molar-refractivity contribution in [3.8, 4) is 5.75 Å². The van der Waals surface area contributed by atoms with Crippen molar-refractivity contribution in [2.45, 2.75) is 6.92 Å². The Bertz CT molecular complexity index is 535. The minimum absolute atomic E-state index is 0.606. The van der Waals surface area contributed by atoms with E-state index in [0.29, 0.717) is 12.3 Å². The third-order valence-electron chi connectivity index (χ3n) is 2.33. The highest BCUT2D eigenvalue weighted by Crippen LogP contribution is 2.28. The van der Waals surface area contributed by atoms with Crippen LogP contribution in [0.4, 0.5) is 17.1 Å². The monoisotopic (exact) mass is 241 g/mol. The van der Waals surface area contributed by atoms with Crippen molar-refractivity contribution >= 4 is 17.1 Å². The molecule has 0 aliphatic rings. The molecule has 0 aliphatic heterocycles. The number of nitrogens with zero attached hydrogens (tertiary/aromatic N) is 2. The maximum absolute atomic E-state index is 5.61. The highest BCUT2D eigenvalue weighted by Gasteiger charge is 2.00. The molecule has 0 unspecified atom stereocenters. The molecule has 2 rings (SSSR count). The normalized spacial score (nSPS) is 10.7. The molecule has 0 saturated heterocycles. The van der Waals surface area contributed by atoms with Crippen LogP contribution >= 0.6 is 0 Å². The smallest absolute Gasteiger partial charge is 0.146 e. The maximum atomic E-state index is 5.61. The molecule has 0 spiro atoms. The highest BCUT2D eigenvalue weighted by molar-refractivity contribution is 5.52. The summed E-state index contributed by atoms with van der Waals surface area (Å²) < 4.78 is 5.47. The molecule has 92 valence electrons. The number of ether oxygens (including phenoxy) is 1. The van der Waals surface area contributed by atoms with Gasteiger partial charge in [0.25, 0.3) is 0 Å². The zero-order valence-electron chi connectivity index (χ0n) is 10.2. The summed E-state index contributed by atoms with van der Waals surface area (Å²) in [6, 6.07) is 14.8. The predicted molar refractivity (Wildman–Crippen MR) is 72.6 cm³/mol. The van der Waals surface area contributed by atoms with Crippen molar-refractivity contribution in [3.63, 3.8) is 0 Å². The first-order chi connectivity index (χ1) is 8.79.